The van der Waals surface area contributed by atoms with Gasteiger partial charge in [-0.15, -0.1) is 0 Å². The predicted molar refractivity (Wildman–Crippen MR) is 123 cm³/mol. The highest BCUT2D eigenvalue weighted by molar-refractivity contribution is 7.92. The Bertz CT molecular complexity index is 1270. The fourth-order valence-corrected chi connectivity index (χ4v) is 4.87. The van der Waals surface area contributed by atoms with Gasteiger partial charge in [-0.05, 0) is 55.5 Å². The fourth-order valence-electron chi connectivity index (χ4n) is 2.76. The second-order valence-corrected chi connectivity index (χ2v) is 10.5. The Morgan fingerprint density at radius 2 is 1.28 bits per heavy atom. The van der Waals surface area contributed by atoms with Crippen molar-refractivity contribution in [1.82, 2.24) is 4.72 Å². The van der Waals surface area contributed by atoms with Gasteiger partial charge in [0.05, 0.1) is 9.79 Å². The molecule has 0 aliphatic heterocycles. The fraction of sp³-hybridized carbons (Fsp3) is 0.136. The molecule has 0 bridgehead atoms. The molecule has 0 saturated heterocycles. The smallest absolute Gasteiger partial charge is 0.261 e. The normalized spacial score (nSPS) is 11.7. The summed E-state index contributed by atoms with van der Waals surface area (Å²) in [5.41, 5.74) is 1.86. The molecule has 0 atom stereocenters. The zero-order chi connectivity index (χ0) is 23.2. The van der Waals surface area contributed by atoms with Gasteiger partial charge in [0, 0.05) is 24.3 Å². The van der Waals surface area contributed by atoms with E-state index in [0.29, 0.717) is 11.4 Å². The molecule has 0 aromatic heterocycles. The van der Waals surface area contributed by atoms with E-state index in [1.165, 1.54) is 36.4 Å². The van der Waals surface area contributed by atoms with Gasteiger partial charge in [0.15, 0.2) is 0 Å². The minimum atomic E-state index is -3.77. The number of rotatable bonds is 9. The molecule has 3 aromatic carbocycles. The molecule has 0 aliphatic rings. The largest absolute Gasteiger partial charge is 0.326 e. The predicted octanol–water partition coefficient (Wildman–Crippen LogP) is 3.10. The molecular formula is C22H23N3O5S2. The summed E-state index contributed by atoms with van der Waals surface area (Å²) >= 11 is 0. The summed E-state index contributed by atoms with van der Waals surface area (Å²) < 4.78 is 54.2. The highest BCUT2D eigenvalue weighted by Gasteiger charge is 2.15. The topological polar surface area (TPSA) is 121 Å². The van der Waals surface area contributed by atoms with Crippen LogP contribution in [0.15, 0.2) is 88.7 Å². The molecule has 8 nitrogen and oxygen atoms in total. The average molecular weight is 474 g/mol. The molecule has 0 unspecified atom stereocenters. The third-order valence-corrected chi connectivity index (χ3v) is 7.32. The SMILES string of the molecule is Cc1ccc(NS(=O)(=O)c2ccc(NC(=O)CCNS(=O)(=O)c3ccccc3)cc2)cc1. The summed E-state index contributed by atoms with van der Waals surface area (Å²) in [6, 6.07) is 20.5. The lowest BCUT2D eigenvalue weighted by Gasteiger charge is -2.10. The number of aryl methyl sites for hydroxylation is 1. The third kappa shape index (κ3) is 6.39. The van der Waals surface area contributed by atoms with Crippen molar-refractivity contribution in [2.24, 2.45) is 0 Å². The van der Waals surface area contributed by atoms with Crippen LogP contribution in [0.1, 0.15) is 12.0 Å². The molecule has 0 spiro atoms. The van der Waals surface area contributed by atoms with Gasteiger partial charge >= 0.3 is 0 Å². The van der Waals surface area contributed by atoms with Crippen LogP contribution in [0.5, 0.6) is 0 Å². The van der Waals surface area contributed by atoms with E-state index in [0.717, 1.165) is 5.56 Å². The minimum Gasteiger partial charge on any atom is -0.326 e. The molecule has 10 heteroatoms. The van der Waals surface area contributed by atoms with E-state index in [1.54, 1.807) is 42.5 Å². The van der Waals surface area contributed by atoms with Crippen molar-refractivity contribution in [2.75, 3.05) is 16.6 Å². The first-order valence-electron chi connectivity index (χ1n) is 9.70. The number of sulfonamides is 2. The van der Waals surface area contributed by atoms with Crippen molar-refractivity contribution in [2.45, 2.75) is 23.1 Å². The first kappa shape index (κ1) is 23.5. The standard InChI is InChI=1S/C22H23N3O5S2/c1-17-7-9-19(10-8-17)25-32(29,30)21-13-11-18(12-14-21)24-22(26)15-16-23-31(27,28)20-5-3-2-4-6-20/h2-14,23,25H,15-16H2,1H3,(H,24,26). The van der Waals surface area contributed by atoms with Gasteiger partial charge in [0.2, 0.25) is 15.9 Å². The molecular weight excluding hydrogens is 450 g/mol. The highest BCUT2D eigenvalue weighted by atomic mass is 32.2. The lowest BCUT2D eigenvalue weighted by Crippen LogP contribution is -2.27. The number of benzene rings is 3. The maximum absolute atomic E-state index is 12.5. The molecule has 1 amide bonds. The van der Waals surface area contributed by atoms with E-state index in [4.69, 9.17) is 0 Å². The van der Waals surface area contributed by atoms with E-state index < -0.39 is 26.0 Å². The van der Waals surface area contributed by atoms with Crippen LogP contribution in [0, 0.1) is 6.92 Å². The number of nitrogens with one attached hydrogen (secondary N) is 3. The number of anilines is 2. The van der Waals surface area contributed by atoms with Crippen molar-refractivity contribution in [3.8, 4) is 0 Å². The summed E-state index contributed by atoms with van der Waals surface area (Å²) in [4.78, 5) is 12.3. The van der Waals surface area contributed by atoms with Gasteiger partial charge in [0.1, 0.15) is 0 Å². The maximum atomic E-state index is 12.5. The summed E-state index contributed by atoms with van der Waals surface area (Å²) in [6.45, 7) is 1.83. The van der Waals surface area contributed by atoms with Crippen LogP contribution < -0.4 is 14.8 Å². The van der Waals surface area contributed by atoms with Crippen LogP contribution in [0.4, 0.5) is 11.4 Å². The van der Waals surface area contributed by atoms with E-state index in [9.17, 15) is 21.6 Å². The van der Waals surface area contributed by atoms with Gasteiger partial charge in [-0.1, -0.05) is 35.9 Å². The van der Waals surface area contributed by atoms with Crippen molar-refractivity contribution in [3.05, 3.63) is 84.4 Å². The number of hydrogen-bond acceptors (Lipinski definition) is 5. The molecule has 0 aliphatic carbocycles. The maximum Gasteiger partial charge on any atom is 0.261 e. The zero-order valence-electron chi connectivity index (χ0n) is 17.3. The molecule has 3 rings (SSSR count). The average Bonchev–Trinajstić information content (AvgIpc) is 2.76. The summed E-state index contributed by atoms with van der Waals surface area (Å²) in [5.74, 6) is -0.408. The van der Waals surface area contributed by atoms with Crippen molar-refractivity contribution < 1.29 is 21.6 Å². The van der Waals surface area contributed by atoms with E-state index in [2.05, 4.69) is 14.8 Å². The Morgan fingerprint density at radius 3 is 1.91 bits per heavy atom. The Balaban J connectivity index is 1.53. The number of amides is 1. The second-order valence-electron chi connectivity index (χ2n) is 7.00. The number of hydrogen-bond donors (Lipinski definition) is 3. The van der Waals surface area contributed by atoms with Crippen LogP contribution in [-0.4, -0.2) is 29.3 Å². The van der Waals surface area contributed by atoms with Crippen molar-refractivity contribution >= 4 is 37.3 Å². The van der Waals surface area contributed by atoms with Crippen LogP contribution in [0.2, 0.25) is 0 Å². The van der Waals surface area contributed by atoms with Gasteiger partial charge in [-0.2, -0.15) is 0 Å². The van der Waals surface area contributed by atoms with E-state index in [1.807, 2.05) is 6.92 Å². The molecule has 168 valence electrons. The van der Waals surface area contributed by atoms with Crippen LogP contribution >= 0.6 is 0 Å². The van der Waals surface area contributed by atoms with Gasteiger partial charge in [0.25, 0.3) is 10.0 Å². The Morgan fingerprint density at radius 1 is 0.719 bits per heavy atom. The first-order valence-corrected chi connectivity index (χ1v) is 12.7. The van der Waals surface area contributed by atoms with E-state index >= 15 is 0 Å². The Hall–Kier alpha value is -3.21. The first-order chi connectivity index (χ1) is 15.2. The van der Waals surface area contributed by atoms with Crippen molar-refractivity contribution in [3.63, 3.8) is 0 Å². The molecule has 0 heterocycles. The monoisotopic (exact) mass is 473 g/mol. The number of carbonyl (C=O) groups excluding carboxylic acids is 1. The van der Waals surface area contributed by atoms with Crippen LogP contribution in [0.25, 0.3) is 0 Å². The minimum absolute atomic E-state index is 0.0479. The highest BCUT2D eigenvalue weighted by Crippen LogP contribution is 2.19. The third-order valence-electron chi connectivity index (χ3n) is 4.45. The molecule has 0 fully saturated rings. The summed E-state index contributed by atoms with van der Waals surface area (Å²) in [5, 5.41) is 2.61. The molecule has 3 N–H and O–H groups in total. The van der Waals surface area contributed by atoms with E-state index in [-0.39, 0.29) is 22.8 Å². The number of carbonyl (C=O) groups is 1. The molecule has 0 radical (unpaired) electrons. The lowest BCUT2D eigenvalue weighted by atomic mass is 10.2. The Labute approximate surface area is 187 Å². The van der Waals surface area contributed by atoms with Gasteiger partial charge < -0.3 is 5.32 Å². The Kier molecular flexibility index (Phi) is 7.29. The van der Waals surface area contributed by atoms with Crippen LogP contribution in [-0.2, 0) is 24.8 Å². The summed E-state index contributed by atoms with van der Waals surface area (Å²) in [6.07, 6.45) is -0.0822. The zero-order valence-corrected chi connectivity index (χ0v) is 18.9. The second kappa shape index (κ2) is 9.94. The molecule has 3 aromatic rings. The van der Waals surface area contributed by atoms with Gasteiger partial charge in [-0.25, -0.2) is 21.6 Å². The quantitative estimate of drug-likeness (QED) is 0.441. The molecule has 0 saturated carbocycles. The molecule has 32 heavy (non-hydrogen) atoms. The summed E-state index contributed by atoms with van der Waals surface area (Å²) in [7, 11) is -7.45. The van der Waals surface area contributed by atoms with Crippen LogP contribution in [0.3, 0.4) is 0 Å². The van der Waals surface area contributed by atoms with Gasteiger partial charge in [-0.3, -0.25) is 9.52 Å². The van der Waals surface area contributed by atoms with Crippen molar-refractivity contribution in [1.29, 1.82) is 0 Å². The lowest BCUT2D eigenvalue weighted by molar-refractivity contribution is -0.116.